The van der Waals surface area contributed by atoms with Gasteiger partial charge in [0.05, 0.1) is 5.56 Å². The molecule has 5 N–H and O–H groups in total. The first-order valence-electron chi connectivity index (χ1n) is 13.6. The average Bonchev–Trinajstić information content (AvgIpc) is 3.36. The van der Waals surface area contributed by atoms with Gasteiger partial charge in [0.25, 0.3) is 11.8 Å². The molecule has 3 aromatic heterocycles. The molecule has 1 aromatic carbocycles. The predicted molar refractivity (Wildman–Crippen MR) is 152 cm³/mol. The van der Waals surface area contributed by atoms with E-state index in [1.165, 1.54) is 18.3 Å². The van der Waals surface area contributed by atoms with E-state index in [4.69, 9.17) is 23.3 Å². The molecule has 1 unspecified atom stereocenters. The van der Waals surface area contributed by atoms with Crippen molar-refractivity contribution in [1.29, 1.82) is 0 Å². The standard InChI is InChI=1S/C28H27BF3N7O5/c1-2-21(40)38-10-3-4-16(14-38)25-37-22(23-24(33)35-9-11-39(23)25)18-6-5-15(12-19(18)44-28(29,42)43)26(41)36-20-13-17(7-8-34-20)27(30,31)32/h5-9,11-13,16,42-43H,2-4,10,14H2,1H3,(H2,33,35)(H,34,36,41). The van der Waals surface area contributed by atoms with Crippen LogP contribution >= 0.6 is 0 Å². The maximum absolute atomic E-state index is 13.1. The minimum atomic E-state index is -4.65. The van der Waals surface area contributed by atoms with Crippen molar-refractivity contribution in [3.63, 3.8) is 0 Å². The smallest absolute Gasteiger partial charge is 0.416 e. The number of nitrogens with two attached hydrogens (primary N) is 1. The fourth-order valence-electron chi connectivity index (χ4n) is 5.17. The fourth-order valence-corrected chi connectivity index (χ4v) is 5.17. The number of rotatable bonds is 7. The van der Waals surface area contributed by atoms with Gasteiger partial charge in [-0.3, -0.25) is 14.0 Å². The molecule has 0 aliphatic carbocycles. The van der Waals surface area contributed by atoms with Crippen molar-refractivity contribution in [2.75, 3.05) is 24.1 Å². The topological polar surface area (TPSA) is 168 Å². The fraction of sp³-hybridized carbons (Fsp3) is 0.321. The number of hydrogen-bond donors (Lipinski definition) is 4. The number of amides is 2. The number of anilines is 2. The molecule has 1 fully saturated rings. The molecule has 1 aliphatic rings. The average molecular weight is 609 g/mol. The second-order valence-corrected chi connectivity index (χ2v) is 10.2. The number of nitrogens with zero attached hydrogens (tertiary/aromatic N) is 5. The molecule has 1 saturated heterocycles. The highest BCUT2D eigenvalue weighted by atomic mass is 19.4. The first-order valence-corrected chi connectivity index (χ1v) is 13.6. The summed E-state index contributed by atoms with van der Waals surface area (Å²) in [6.45, 7) is 2.85. The van der Waals surface area contributed by atoms with Crippen LogP contribution in [0, 0.1) is 0 Å². The number of imidazole rings is 1. The second kappa shape index (κ2) is 11.8. The summed E-state index contributed by atoms with van der Waals surface area (Å²) in [7, 11) is 5.31. The summed E-state index contributed by atoms with van der Waals surface area (Å²) >= 11 is 0. The van der Waals surface area contributed by atoms with Crippen LogP contribution in [-0.4, -0.2) is 73.1 Å². The normalized spacial score (nSPS) is 15.8. The number of likely N-dealkylation sites (tertiary alicyclic amines) is 1. The van der Waals surface area contributed by atoms with Gasteiger partial charge in [-0.2, -0.15) is 13.2 Å². The molecule has 4 heterocycles. The third-order valence-corrected chi connectivity index (χ3v) is 7.14. The van der Waals surface area contributed by atoms with Crippen molar-refractivity contribution in [3.8, 4) is 17.0 Å². The van der Waals surface area contributed by atoms with Crippen molar-refractivity contribution in [2.24, 2.45) is 0 Å². The minimum Gasteiger partial charge on any atom is -0.448 e. The molecule has 12 nitrogen and oxygen atoms in total. The van der Waals surface area contributed by atoms with E-state index in [9.17, 15) is 33.0 Å². The first-order chi connectivity index (χ1) is 20.7. The van der Waals surface area contributed by atoms with Crippen LogP contribution in [-0.2, 0) is 11.0 Å². The van der Waals surface area contributed by atoms with Gasteiger partial charge in [0.1, 0.15) is 34.4 Å². The lowest BCUT2D eigenvalue weighted by atomic mass is 9.97. The van der Waals surface area contributed by atoms with Gasteiger partial charge in [-0.1, -0.05) is 6.92 Å². The van der Waals surface area contributed by atoms with Gasteiger partial charge in [0, 0.05) is 55.1 Å². The van der Waals surface area contributed by atoms with E-state index in [2.05, 4.69) is 15.3 Å². The van der Waals surface area contributed by atoms with Gasteiger partial charge >= 0.3 is 6.18 Å². The minimum absolute atomic E-state index is 0.0204. The molecule has 1 aliphatic heterocycles. The highest BCUT2D eigenvalue weighted by Crippen LogP contribution is 2.39. The predicted octanol–water partition coefficient (Wildman–Crippen LogP) is 2.90. The molecule has 228 valence electrons. The van der Waals surface area contributed by atoms with Gasteiger partial charge < -0.3 is 30.9 Å². The van der Waals surface area contributed by atoms with E-state index in [0.29, 0.717) is 36.9 Å². The number of benzene rings is 1. The second-order valence-electron chi connectivity index (χ2n) is 10.2. The number of halogens is 3. The van der Waals surface area contributed by atoms with Crippen LogP contribution in [0.5, 0.6) is 5.75 Å². The van der Waals surface area contributed by atoms with Crippen molar-refractivity contribution in [1.82, 2.24) is 24.3 Å². The first kappa shape index (κ1) is 30.8. The van der Waals surface area contributed by atoms with Crippen LogP contribution in [0.3, 0.4) is 0 Å². The summed E-state index contributed by atoms with van der Waals surface area (Å²) in [5, 5.41) is 22.1. The molecule has 0 spiro atoms. The van der Waals surface area contributed by atoms with Crippen molar-refractivity contribution >= 4 is 36.8 Å². The number of hydrogen-bond acceptors (Lipinski definition) is 9. The lowest BCUT2D eigenvalue weighted by molar-refractivity contribution is -0.223. The Labute approximate surface area is 250 Å². The van der Waals surface area contributed by atoms with Gasteiger partial charge in [-0.05, 0) is 43.2 Å². The Bertz CT molecular complexity index is 1720. The Morgan fingerprint density at radius 2 is 1.95 bits per heavy atom. The van der Waals surface area contributed by atoms with Gasteiger partial charge in [-0.15, -0.1) is 0 Å². The van der Waals surface area contributed by atoms with E-state index < -0.39 is 23.5 Å². The Balaban J connectivity index is 1.56. The van der Waals surface area contributed by atoms with Gasteiger partial charge in [-0.25, -0.2) is 15.0 Å². The maximum atomic E-state index is 13.1. The molecule has 2 radical (unpaired) electrons. The lowest BCUT2D eigenvalue weighted by Crippen LogP contribution is -2.39. The number of aromatic nitrogens is 4. The monoisotopic (exact) mass is 609 g/mol. The van der Waals surface area contributed by atoms with E-state index in [1.807, 2.05) is 0 Å². The third kappa shape index (κ3) is 6.45. The Kier molecular flexibility index (Phi) is 8.22. The zero-order valence-electron chi connectivity index (χ0n) is 23.4. The maximum Gasteiger partial charge on any atom is 0.416 e. The summed E-state index contributed by atoms with van der Waals surface area (Å²) < 4.78 is 46.3. The van der Waals surface area contributed by atoms with Gasteiger partial charge in [0.15, 0.2) is 0 Å². The molecule has 0 saturated carbocycles. The van der Waals surface area contributed by atoms with Crippen molar-refractivity contribution < 1.29 is 37.7 Å². The highest BCUT2D eigenvalue weighted by molar-refractivity contribution is 6.12. The Morgan fingerprint density at radius 1 is 1.18 bits per heavy atom. The number of pyridine rings is 1. The van der Waals surface area contributed by atoms with Gasteiger partial charge in [0.2, 0.25) is 13.8 Å². The number of ether oxygens (including phenoxy) is 1. The summed E-state index contributed by atoms with van der Waals surface area (Å²) in [6, 6.07) is 5.27. The molecular formula is C28H27BF3N7O5. The largest absolute Gasteiger partial charge is 0.448 e. The van der Waals surface area contributed by atoms with Crippen LogP contribution in [0.25, 0.3) is 16.8 Å². The molecular weight excluding hydrogens is 582 g/mol. The number of aliphatic hydroxyl groups is 2. The zero-order chi connectivity index (χ0) is 31.8. The molecule has 2 amide bonds. The van der Waals surface area contributed by atoms with Crippen LogP contribution in [0.1, 0.15) is 53.8 Å². The molecule has 0 bridgehead atoms. The number of nitrogens with one attached hydrogen (secondary N) is 1. The molecule has 5 rings (SSSR count). The van der Waals surface area contributed by atoms with E-state index >= 15 is 0 Å². The number of carbonyl (C=O) groups is 2. The Hall–Kier alpha value is -4.70. The molecule has 4 aromatic rings. The summed E-state index contributed by atoms with van der Waals surface area (Å²) in [6.07, 6.45) is 1.26. The summed E-state index contributed by atoms with van der Waals surface area (Å²) in [5.74, 6) is -4.19. The molecule has 1 atom stereocenters. The number of alkyl halides is 3. The van der Waals surface area contributed by atoms with Crippen LogP contribution in [0.4, 0.5) is 24.8 Å². The van der Waals surface area contributed by atoms with E-state index in [-0.39, 0.29) is 46.0 Å². The van der Waals surface area contributed by atoms with Crippen molar-refractivity contribution in [3.05, 3.63) is 65.9 Å². The molecule has 44 heavy (non-hydrogen) atoms. The summed E-state index contributed by atoms with van der Waals surface area (Å²) in [4.78, 5) is 40.0. The Morgan fingerprint density at radius 3 is 2.66 bits per heavy atom. The van der Waals surface area contributed by atoms with Crippen LogP contribution in [0.15, 0.2) is 48.9 Å². The number of fused-ring (bicyclic) bond motifs is 1. The zero-order valence-corrected chi connectivity index (χ0v) is 23.4. The quantitative estimate of drug-likeness (QED) is 0.182. The van der Waals surface area contributed by atoms with E-state index in [0.717, 1.165) is 31.2 Å². The number of nitrogen functional groups attached to an aromatic ring is 1. The number of carbonyl (C=O) groups excluding carboxylic acids is 2. The summed E-state index contributed by atoms with van der Waals surface area (Å²) in [5.41, 5.74) is 5.85. The molecule has 16 heteroatoms. The van der Waals surface area contributed by atoms with Crippen LogP contribution in [0.2, 0.25) is 0 Å². The van der Waals surface area contributed by atoms with Crippen molar-refractivity contribution in [2.45, 2.75) is 44.2 Å². The highest BCUT2D eigenvalue weighted by Gasteiger charge is 2.32. The van der Waals surface area contributed by atoms with Crippen LogP contribution < -0.4 is 15.8 Å². The third-order valence-electron chi connectivity index (χ3n) is 7.14. The van der Waals surface area contributed by atoms with E-state index in [1.54, 1.807) is 22.4 Å². The lowest BCUT2D eigenvalue weighted by Gasteiger charge is -2.32. The SMILES string of the molecule is [B]C(O)(O)Oc1cc(C(=O)Nc2cc(C(F)(F)F)ccn2)ccc1-c1nc(C2CCCN(C(=O)CC)C2)n2ccnc(N)c12. The number of piperidine rings is 1.